The summed E-state index contributed by atoms with van der Waals surface area (Å²) in [7, 11) is 3.84. The molecular formula is C42H80N4. The number of nitrogens with zero attached hydrogens (tertiary/aromatic N) is 3. The zero-order chi connectivity index (χ0) is 33.3. The van der Waals surface area contributed by atoms with Gasteiger partial charge in [-0.1, -0.05) is 199 Å². The van der Waals surface area contributed by atoms with Crippen LogP contribution in [0.4, 0.5) is 0 Å². The van der Waals surface area contributed by atoms with Gasteiger partial charge in [0.2, 0.25) is 0 Å². The number of amidine groups is 1. The Balaban J connectivity index is 2.30. The summed E-state index contributed by atoms with van der Waals surface area (Å²) in [5, 5.41) is 6.20. The monoisotopic (exact) mass is 641 g/mol. The molecule has 0 spiro atoms. The molecular weight excluding hydrogens is 560 g/mol. The van der Waals surface area contributed by atoms with E-state index in [0.717, 1.165) is 12.1 Å². The molecule has 1 aromatic carbocycles. The number of rotatable bonds is 34. The normalized spacial score (nSPS) is 12.0. The second kappa shape index (κ2) is 32.0. The maximum atomic E-state index is 6.28. The highest BCUT2D eigenvalue weighted by Gasteiger charge is 2.08. The molecule has 4 heteroatoms. The van der Waals surface area contributed by atoms with Crippen LogP contribution in [0.2, 0.25) is 0 Å². The molecule has 0 bridgehead atoms. The van der Waals surface area contributed by atoms with E-state index in [2.05, 4.69) is 48.1 Å². The molecule has 0 unspecified atom stereocenters. The van der Waals surface area contributed by atoms with Crippen LogP contribution in [-0.4, -0.2) is 42.9 Å². The van der Waals surface area contributed by atoms with Gasteiger partial charge >= 0.3 is 0 Å². The van der Waals surface area contributed by atoms with Crippen molar-refractivity contribution in [1.29, 1.82) is 0 Å². The largest absolute Gasteiger partial charge is 0.382 e. The lowest BCUT2D eigenvalue weighted by molar-refractivity contribution is 0.252. The Kier molecular flexibility index (Phi) is 29.6. The molecule has 0 saturated carbocycles. The molecule has 268 valence electrons. The quantitative estimate of drug-likeness (QED) is 0.0353. The first-order valence-corrected chi connectivity index (χ1v) is 20.4. The molecule has 0 aliphatic heterocycles. The van der Waals surface area contributed by atoms with Gasteiger partial charge in [-0.2, -0.15) is 5.10 Å². The van der Waals surface area contributed by atoms with Crippen LogP contribution in [0.15, 0.2) is 29.4 Å². The predicted octanol–water partition coefficient (Wildman–Crippen LogP) is 12.6. The molecule has 0 fully saturated rings. The second-order valence-corrected chi connectivity index (χ2v) is 14.5. The van der Waals surface area contributed by atoms with Gasteiger partial charge in [-0.25, -0.2) is 0 Å². The third-order valence-electron chi connectivity index (χ3n) is 9.59. The van der Waals surface area contributed by atoms with E-state index >= 15 is 0 Å². The summed E-state index contributed by atoms with van der Waals surface area (Å²) in [6.45, 7) is 8.04. The Morgan fingerprint density at radius 3 is 1.22 bits per heavy atom. The molecule has 0 amide bonds. The molecule has 46 heavy (non-hydrogen) atoms. The summed E-state index contributed by atoms with van der Waals surface area (Å²) in [5.74, 6) is 0.595. The van der Waals surface area contributed by atoms with Gasteiger partial charge in [0.1, 0.15) is 0 Å². The van der Waals surface area contributed by atoms with Crippen LogP contribution in [0.3, 0.4) is 0 Å². The maximum absolute atomic E-state index is 6.28. The van der Waals surface area contributed by atoms with Crippen molar-refractivity contribution in [2.75, 3.05) is 27.2 Å². The molecule has 0 aliphatic carbocycles. The van der Waals surface area contributed by atoms with E-state index in [0.29, 0.717) is 5.84 Å². The van der Waals surface area contributed by atoms with E-state index in [1.165, 1.54) is 198 Å². The first-order valence-electron chi connectivity index (χ1n) is 20.4. The van der Waals surface area contributed by atoms with Crippen molar-refractivity contribution in [2.45, 2.75) is 200 Å². The lowest BCUT2D eigenvalue weighted by Gasteiger charge is -2.23. The van der Waals surface area contributed by atoms with Crippen LogP contribution in [0.25, 0.3) is 0 Å². The summed E-state index contributed by atoms with van der Waals surface area (Å²) >= 11 is 0. The van der Waals surface area contributed by atoms with Gasteiger partial charge in [-0.3, -0.25) is 4.90 Å². The van der Waals surface area contributed by atoms with Gasteiger partial charge in [-0.15, -0.1) is 0 Å². The lowest BCUT2D eigenvalue weighted by Crippen LogP contribution is -2.26. The zero-order valence-electron chi connectivity index (χ0n) is 31.6. The van der Waals surface area contributed by atoms with Crippen LogP contribution in [0.5, 0.6) is 0 Å². The van der Waals surface area contributed by atoms with Gasteiger partial charge < -0.3 is 10.7 Å². The average molecular weight is 641 g/mol. The van der Waals surface area contributed by atoms with Crippen molar-refractivity contribution < 1.29 is 0 Å². The Hall–Kier alpha value is -1.55. The van der Waals surface area contributed by atoms with Crippen molar-refractivity contribution in [3.63, 3.8) is 0 Å². The van der Waals surface area contributed by atoms with Crippen LogP contribution >= 0.6 is 0 Å². The molecule has 0 aromatic heterocycles. The number of unbranched alkanes of at least 4 members (excludes halogenated alkanes) is 26. The molecule has 0 saturated heterocycles. The van der Waals surface area contributed by atoms with E-state index in [-0.39, 0.29) is 0 Å². The molecule has 0 radical (unpaired) electrons. The number of hydrogen-bond donors (Lipinski definition) is 1. The van der Waals surface area contributed by atoms with Gasteiger partial charge in [0.05, 0.1) is 0 Å². The van der Waals surface area contributed by atoms with Crippen molar-refractivity contribution in [3.05, 3.63) is 35.4 Å². The van der Waals surface area contributed by atoms with Crippen LogP contribution < -0.4 is 5.73 Å². The van der Waals surface area contributed by atoms with E-state index in [1.807, 2.05) is 14.1 Å². The number of hydrogen-bond acceptors (Lipinski definition) is 3. The molecule has 0 atom stereocenters. The van der Waals surface area contributed by atoms with Gasteiger partial charge in [0, 0.05) is 26.2 Å². The van der Waals surface area contributed by atoms with E-state index < -0.39 is 0 Å². The first-order chi connectivity index (χ1) is 22.6. The minimum absolute atomic E-state index is 0.595. The van der Waals surface area contributed by atoms with Crippen molar-refractivity contribution >= 4 is 5.84 Å². The third kappa shape index (κ3) is 26.5. The second-order valence-electron chi connectivity index (χ2n) is 14.5. The van der Waals surface area contributed by atoms with Crippen molar-refractivity contribution in [2.24, 2.45) is 10.8 Å². The highest BCUT2D eigenvalue weighted by Crippen LogP contribution is 2.16. The highest BCUT2D eigenvalue weighted by atomic mass is 15.4. The summed E-state index contributed by atoms with van der Waals surface area (Å²) in [4.78, 5) is 2.71. The van der Waals surface area contributed by atoms with Gasteiger partial charge in [0.25, 0.3) is 0 Å². The minimum atomic E-state index is 0.595. The summed E-state index contributed by atoms with van der Waals surface area (Å²) in [6, 6.07) is 8.72. The van der Waals surface area contributed by atoms with Crippen LogP contribution in [-0.2, 0) is 6.54 Å². The standard InChI is InChI=1S/C42H80N4/c1-5-7-9-11-13-15-17-19-21-23-25-27-29-31-36-46(39-40-34-33-35-41(38-40)42(43)44-45(3)4)37-32-30-28-26-24-22-20-18-16-14-12-10-8-6-2/h33-35,38H,5-32,36-37,39H2,1-4H3,(H2,43,44). The SMILES string of the molecule is CCCCCCCCCCCCCCCCN(CCCCCCCCCCCCCCCC)Cc1cccc(C(N)=NN(C)C)c1. The van der Waals surface area contributed by atoms with Gasteiger partial charge in [0.15, 0.2) is 5.84 Å². The fourth-order valence-corrected chi connectivity index (χ4v) is 6.69. The van der Waals surface area contributed by atoms with E-state index in [9.17, 15) is 0 Å². The lowest BCUT2D eigenvalue weighted by atomic mass is 10.0. The average Bonchev–Trinajstić information content (AvgIpc) is 3.04. The van der Waals surface area contributed by atoms with Gasteiger partial charge in [-0.05, 0) is 37.6 Å². The topological polar surface area (TPSA) is 44.9 Å². The Bertz CT molecular complexity index is 773. The zero-order valence-corrected chi connectivity index (χ0v) is 31.6. The molecule has 1 rings (SSSR count). The van der Waals surface area contributed by atoms with Crippen molar-refractivity contribution in [3.8, 4) is 0 Å². The molecule has 0 aliphatic rings. The maximum Gasteiger partial charge on any atom is 0.150 e. The third-order valence-corrected chi connectivity index (χ3v) is 9.59. The molecule has 2 N–H and O–H groups in total. The Morgan fingerprint density at radius 2 is 0.870 bits per heavy atom. The van der Waals surface area contributed by atoms with E-state index in [1.54, 1.807) is 5.01 Å². The molecule has 0 heterocycles. The first kappa shape index (κ1) is 42.5. The molecule has 4 nitrogen and oxygen atoms in total. The predicted molar refractivity (Wildman–Crippen MR) is 207 cm³/mol. The smallest absolute Gasteiger partial charge is 0.150 e. The Morgan fingerprint density at radius 1 is 0.522 bits per heavy atom. The van der Waals surface area contributed by atoms with Crippen LogP contribution in [0.1, 0.15) is 205 Å². The number of nitrogens with two attached hydrogens (primary N) is 1. The molecule has 1 aromatic rings. The Labute approximate surface area is 288 Å². The minimum Gasteiger partial charge on any atom is -0.382 e. The highest BCUT2D eigenvalue weighted by molar-refractivity contribution is 5.97. The van der Waals surface area contributed by atoms with Crippen molar-refractivity contribution in [1.82, 2.24) is 9.91 Å². The van der Waals surface area contributed by atoms with E-state index in [4.69, 9.17) is 5.73 Å². The summed E-state index contributed by atoms with van der Waals surface area (Å²) in [5.41, 5.74) is 8.66. The number of hydrazone groups is 1. The van der Waals surface area contributed by atoms with Crippen LogP contribution in [0, 0.1) is 0 Å². The fourth-order valence-electron chi connectivity index (χ4n) is 6.69. The summed E-state index contributed by atoms with van der Waals surface area (Å²) < 4.78 is 0. The fraction of sp³-hybridized carbons (Fsp3) is 0.833. The summed E-state index contributed by atoms with van der Waals surface area (Å²) in [6.07, 6.45) is 39.7. The number of benzene rings is 1.